The Kier molecular flexibility index (Phi) is 4.28. The Bertz CT molecular complexity index is 824. The number of methoxy groups -OCH3 is 1. The van der Waals surface area contributed by atoms with Crippen LogP contribution in [0.5, 0.6) is 11.5 Å². The monoisotopic (exact) mass is 313 g/mol. The smallest absolute Gasteiger partial charge is 0.152 e. The van der Waals surface area contributed by atoms with E-state index in [1.165, 1.54) is 12.1 Å². The fourth-order valence-corrected chi connectivity index (χ4v) is 2.51. The van der Waals surface area contributed by atoms with Crippen molar-refractivity contribution in [2.24, 2.45) is 0 Å². The highest BCUT2D eigenvalue weighted by Gasteiger charge is 2.09. The number of aldehydes is 1. The van der Waals surface area contributed by atoms with E-state index >= 15 is 0 Å². The Morgan fingerprint density at radius 2 is 1.87 bits per heavy atom. The van der Waals surface area contributed by atoms with Crippen LogP contribution in [-0.2, 0) is 6.54 Å². The van der Waals surface area contributed by atoms with Gasteiger partial charge in [-0.25, -0.2) is 4.39 Å². The van der Waals surface area contributed by atoms with Gasteiger partial charge in [0.1, 0.15) is 23.9 Å². The van der Waals surface area contributed by atoms with E-state index in [9.17, 15) is 9.18 Å². The first-order chi connectivity index (χ1) is 11.2. The first kappa shape index (κ1) is 15.1. The van der Waals surface area contributed by atoms with Gasteiger partial charge in [-0.2, -0.15) is 0 Å². The Hall–Kier alpha value is -2.82. The lowest BCUT2D eigenvalue weighted by Crippen LogP contribution is -2.07. The van der Waals surface area contributed by atoms with Crippen LogP contribution in [0.25, 0.3) is 10.9 Å². The molecule has 0 spiro atoms. The van der Waals surface area contributed by atoms with Gasteiger partial charge in [0.25, 0.3) is 0 Å². The lowest BCUT2D eigenvalue weighted by molar-refractivity contribution is 0.112. The predicted octanol–water partition coefficient (Wildman–Crippen LogP) is 3.68. The molecule has 1 aromatic heterocycles. The Morgan fingerprint density at radius 1 is 1.13 bits per heavy atom. The SMILES string of the molecule is COc1ccc(OCCn2cc(C=O)c3cc(F)ccc32)cc1. The summed E-state index contributed by atoms with van der Waals surface area (Å²) in [5.41, 5.74) is 1.29. The number of hydrogen-bond acceptors (Lipinski definition) is 3. The minimum absolute atomic E-state index is 0.354. The second-order valence-corrected chi connectivity index (χ2v) is 5.08. The molecule has 3 rings (SSSR count). The summed E-state index contributed by atoms with van der Waals surface area (Å²) in [6, 6.07) is 11.8. The third-order valence-corrected chi connectivity index (χ3v) is 3.66. The lowest BCUT2D eigenvalue weighted by Gasteiger charge is -2.09. The molecule has 23 heavy (non-hydrogen) atoms. The average molecular weight is 313 g/mol. The summed E-state index contributed by atoms with van der Waals surface area (Å²) in [5.74, 6) is 1.16. The Labute approximate surface area is 133 Å². The molecular formula is C18H16FNO3. The Balaban J connectivity index is 1.72. The highest BCUT2D eigenvalue weighted by Crippen LogP contribution is 2.22. The van der Waals surface area contributed by atoms with Crippen molar-refractivity contribution >= 4 is 17.2 Å². The molecule has 0 atom stereocenters. The number of fused-ring (bicyclic) bond motifs is 1. The summed E-state index contributed by atoms with van der Waals surface area (Å²) in [7, 11) is 1.61. The van der Waals surface area contributed by atoms with Gasteiger partial charge in [-0.15, -0.1) is 0 Å². The van der Waals surface area contributed by atoms with Crippen LogP contribution in [0.4, 0.5) is 4.39 Å². The number of carbonyl (C=O) groups excluding carboxylic acids is 1. The van der Waals surface area contributed by atoms with Gasteiger partial charge in [-0.1, -0.05) is 0 Å². The molecule has 0 bridgehead atoms. The van der Waals surface area contributed by atoms with Crippen molar-refractivity contribution < 1.29 is 18.7 Å². The van der Waals surface area contributed by atoms with E-state index in [-0.39, 0.29) is 5.82 Å². The first-order valence-corrected chi connectivity index (χ1v) is 7.21. The molecule has 118 valence electrons. The summed E-state index contributed by atoms with van der Waals surface area (Å²) in [5, 5.41) is 0.615. The number of halogens is 1. The predicted molar refractivity (Wildman–Crippen MR) is 85.8 cm³/mol. The van der Waals surface area contributed by atoms with Gasteiger partial charge < -0.3 is 14.0 Å². The van der Waals surface area contributed by atoms with E-state index in [1.807, 2.05) is 28.8 Å². The summed E-state index contributed by atoms with van der Waals surface area (Å²) in [6.07, 6.45) is 2.46. The molecule has 0 unspecified atom stereocenters. The largest absolute Gasteiger partial charge is 0.497 e. The maximum atomic E-state index is 13.3. The number of carbonyl (C=O) groups is 1. The van der Waals surface area contributed by atoms with E-state index in [0.29, 0.717) is 24.1 Å². The van der Waals surface area contributed by atoms with Gasteiger partial charge in [-0.05, 0) is 42.5 Å². The van der Waals surface area contributed by atoms with Crippen molar-refractivity contribution in [2.75, 3.05) is 13.7 Å². The van der Waals surface area contributed by atoms with E-state index in [0.717, 1.165) is 23.3 Å². The van der Waals surface area contributed by atoms with Crippen molar-refractivity contribution in [3.05, 3.63) is 60.0 Å². The third kappa shape index (κ3) is 3.18. The van der Waals surface area contributed by atoms with Gasteiger partial charge in [0, 0.05) is 22.7 Å². The van der Waals surface area contributed by atoms with Crippen molar-refractivity contribution in [2.45, 2.75) is 6.54 Å². The topological polar surface area (TPSA) is 40.5 Å². The number of aromatic nitrogens is 1. The highest BCUT2D eigenvalue weighted by molar-refractivity contribution is 5.97. The minimum atomic E-state index is -0.354. The van der Waals surface area contributed by atoms with Crippen LogP contribution in [0, 0.1) is 5.82 Å². The van der Waals surface area contributed by atoms with Crippen molar-refractivity contribution in [1.82, 2.24) is 4.57 Å². The molecule has 0 saturated carbocycles. The summed E-state index contributed by atoms with van der Waals surface area (Å²) in [6.45, 7) is 0.994. The maximum absolute atomic E-state index is 13.3. The van der Waals surface area contributed by atoms with Crippen LogP contribution in [0.15, 0.2) is 48.7 Å². The zero-order valence-corrected chi connectivity index (χ0v) is 12.7. The molecule has 0 radical (unpaired) electrons. The first-order valence-electron chi connectivity index (χ1n) is 7.21. The Morgan fingerprint density at radius 3 is 2.57 bits per heavy atom. The molecule has 2 aromatic carbocycles. The van der Waals surface area contributed by atoms with E-state index < -0.39 is 0 Å². The molecule has 0 fully saturated rings. The molecule has 0 saturated heterocycles. The van der Waals surface area contributed by atoms with Crippen molar-refractivity contribution in [3.63, 3.8) is 0 Å². The minimum Gasteiger partial charge on any atom is -0.497 e. The third-order valence-electron chi connectivity index (χ3n) is 3.66. The number of benzene rings is 2. The number of nitrogens with zero attached hydrogens (tertiary/aromatic N) is 1. The number of hydrogen-bond donors (Lipinski definition) is 0. The fourth-order valence-electron chi connectivity index (χ4n) is 2.51. The summed E-state index contributed by atoms with van der Waals surface area (Å²) < 4.78 is 26.0. The molecule has 0 N–H and O–H groups in total. The standard InChI is InChI=1S/C18H16FNO3/c1-22-15-3-5-16(6-4-15)23-9-8-20-11-13(12-21)17-10-14(19)2-7-18(17)20/h2-7,10-12H,8-9H2,1H3. The zero-order valence-electron chi connectivity index (χ0n) is 12.7. The van der Waals surface area contributed by atoms with E-state index in [2.05, 4.69) is 0 Å². The number of ether oxygens (including phenoxy) is 2. The fraction of sp³-hybridized carbons (Fsp3) is 0.167. The second kappa shape index (κ2) is 6.52. The zero-order chi connectivity index (χ0) is 16.2. The van der Waals surface area contributed by atoms with Crippen LogP contribution in [-0.4, -0.2) is 24.6 Å². The molecule has 0 aliphatic rings. The van der Waals surface area contributed by atoms with Gasteiger partial charge >= 0.3 is 0 Å². The van der Waals surface area contributed by atoms with Gasteiger partial charge in [0.05, 0.1) is 13.7 Å². The van der Waals surface area contributed by atoms with Gasteiger partial charge in [-0.3, -0.25) is 4.79 Å². The maximum Gasteiger partial charge on any atom is 0.152 e. The highest BCUT2D eigenvalue weighted by atomic mass is 19.1. The molecule has 5 heteroatoms. The number of rotatable bonds is 6. The molecule has 4 nitrogen and oxygen atoms in total. The quantitative estimate of drug-likeness (QED) is 0.652. The normalized spacial score (nSPS) is 10.7. The molecule has 0 aliphatic carbocycles. The van der Waals surface area contributed by atoms with Crippen LogP contribution in [0.3, 0.4) is 0 Å². The second-order valence-electron chi connectivity index (χ2n) is 5.08. The molecule has 0 amide bonds. The lowest BCUT2D eigenvalue weighted by atomic mass is 10.2. The summed E-state index contributed by atoms with van der Waals surface area (Å²) in [4.78, 5) is 11.1. The summed E-state index contributed by atoms with van der Waals surface area (Å²) >= 11 is 0. The van der Waals surface area contributed by atoms with Crippen molar-refractivity contribution in [3.8, 4) is 11.5 Å². The van der Waals surface area contributed by atoms with Crippen LogP contribution < -0.4 is 9.47 Å². The van der Waals surface area contributed by atoms with E-state index in [4.69, 9.17) is 9.47 Å². The molecule has 3 aromatic rings. The van der Waals surface area contributed by atoms with E-state index in [1.54, 1.807) is 19.4 Å². The van der Waals surface area contributed by atoms with Crippen LogP contribution in [0.1, 0.15) is 10.4 Å². The average Bonchev–Trinajstić information content (AvgIpc) is 2.92. The molecular weight excluding hydrogens is 297 g/mol. The van der Waals surface area contributed by atoms with Crippen LogP contribution >= 0.6 is 0 Å². The van der Waals surface area contributed by atoms with Gasteiger partial charge in [0.15, 0.2) is 6.29 Å². The molecule has 1 heterocycles. The van der Waals surface area contributed by atoms with Crippen molar-refractivity contribution in [1.29, 1.82) is 0 Å². The van der Waals surface area contributed by atoms with Gasteiger partial charge in [0.2, 0.25) is 0 Å². The molecule has 0 aliphatic heterocycles. The van der Waals surface area contributed by atoms with Crippen LogP contribution in [0.2, 0.25) is 0 Å².